The summed E-state index contributed by atoms with van der Waals surface area (Å²) in [5.41, 5.74) is 1.00. The molecule has 0 saturated carbocycles. The molecule has 2 heterocycles. The summed E-state index contributed by atoms with van der Waals surface area (Å²) >= 11 is 0. The van der Waals surface area contributed by atoms with Gasteiger partial charge in [-0.25, -0.2) is 0 Å². The van der Waals surface area contributed by atoms with Crippen LogP contribution in [0.1, 0.15) is 5.69 Å². The molecular formula is C8H14ClN3O. The number of nitrogens with one attached hydrogen (secondary N) is 1. The zero-order chi connectivity index (χ0) is 8.39. The Balaban J connectivity index is 0.000000845. The second kappa shape index (κ2) is 4.60. The van der Waals surface area contributed by atoms with E-state index in [-0.39, 0.29) is 12.4 Å². The lowest BCUT2D eigenvalue weighted by molar-refractivity contribution is 0.00588. The van der Waals surface area contributed by atoms with Crippen LogP contribution in [-0.4, -0.2) is 29.0 Å². The summed E-state index contributed by atoms with van der Waals surface area (Å²) in [7, 11) is 1.91. The molecule has 0 aromatic carbocycles. The first-order valence-corrected chi connectivity index (χ1v) is 4.15. The molecule has 0 atom stereocenters. The highest BCUT2D eigenvalue weighted by Gasteiger charge is 2.16. The molecule has 0 radical (unpaired) electrons. The van der Waals surface area contributed by atoms with Gasteiger partial charge in [-0.3, -0.25) is 4.68 Å². The zero-order valence-corrected chi connectivity index (χ0v) is 8.38. The minimum Gasteiger partial charge on any atom is -0.369 e. The lowest BCUT2D eigenvalue weighted by Crippen LogP contribution is -2.48. The summed E-state index contributed by atoms with van der Waals surface area (Å²) in [5.74, 6) is 0. The molecule has 0 spiro atoms. The Morgan fingerprint density at radius 1 is 1.69 bits per heavy atom. The summed E-state index contributed by atoms with van der Waals surface area (Å²) in [4.78, 5) is 0. The van der Waals surface area contributed by atoms with Crippen molar-refractivity contribution in [3.63, 3.8) is 0 Å². The van der Waals surface area contributed by atoms with Gasteiger partial charge in [-0.15, -0.1) is 12.4 Å². The smallest absolute Gasteiger partial charge is 0.0911 e. The van der Waals surface area contributed by atoms with Crippen LogP contribution in [0.5, 0.6) is 0 Å². The topological polar surface area (TPSA) is 39.1 Å². The highest BCUT2D eigenvalue weighted by Crippen LogP contribution is 2.03. The quantitative estimate of drug-likeness (QED) is 0.770. The van der Waals surface area contributed by atoms with Crippen molar-refractivity contribution < 1.29 is 4.74 Å². The van der Waals surface area contributed by atoms with Crippen LogP contribution in [0.2, 0.25) is 0 Å². The second-order valence-electron chi connectivity index (χ2n) is 3.07. The fourth-order valence-electron chi connectivity index (χ4n) is 1.12. The summed E-state index contributed by atoms with van der Waals surface area (Å²) in [6, 6.07) is 1.98. The van der Waals surface area contributed by atoms with Gasteiger partial charge in [0.2, 0.25) is 0 Å². The van der Waals surface area contributed by atoms with E-state index < -0.39 is 0 Å². The van der Waals surface area contributed by atoms with Gasteiger partial charge in [0.25, 0.3) is 0 Å². The van der Waals surface area contributed by atoms with Gasteiger partial charge in [0.15, 0.2) is 0 Å². The van der Waals surface area contributed by atoms with Crippen LogP contribution in [0.4, 0.5) is 0 Å². The van der Waals surface area contributed by atoms with E-state index in [1.807, 2.05) is 19.3 Å². The van der Waals surface area contributed by atoms with Gasteiger partial charge in [0, 0.05) is 26.3 Å². The first-order valence-electron chi connectivity index (χ1n) is 4.15. The zero-order valence-electron chi connectivity index (χ0n) is 7.56. The predicted octanol–water partition coefficient (Wildman–Crippen LogP) is 0.330. The maximum absolute atomic E-state index is 5.54. The van der Waals surface area contributed by atoms with E-state index >= 15 is 0 Å². The Kier molecular flexibility index (Phi) is 3.71. The molecule has 0 unspecified atom stereocenters. The van der Waals surface area contributed by atoms with E-state index in [1.54, 1.807) is 4.68 Å². The number of halogens is 1. The maximum Gasteiger partial charge on any atom is 0.0911 e. The van der Waals surface area contributed by atoms with E-state index in [4.69, 9.17) is 4.74 Å². The van der Waals surface area contributed by atoms with Crippen LogP contribution in [-0.2, 0) is 18.4 Å². The molecule has 74 valence electrons. The molecule has 1 aromatic rings. The minimum atomic E-state index is 0. The standard InChI is InChI=1S/C8H13N3O.ClH/c1-11-3-2-7(10-11)6-12-8-4-9-5-8;/h2-3,8-9H,4-6H2,1H3;1H. The molecule has 1 N–H and O–H groups in total. The molecule has 1 aliphatic heterocycles. The third-order valence-corrected chi connectivity index (χ3v) is 1.98. The Morgan fingerprint density at radius 2 is 2.46 bits per heavy atom. The van der Waals surface area contributed by atoms with Gasteiger partial charge in [-0.2, -0.15) is 5.10 Å². The van der Waals surface area contributed by atoms with Gasteiger partial charge in [0.1, 0.15) is 0 Å². The van der Waals surface area contributed by atoms with E-state index in [9.17, 15) is 0 Å². The normalized spacial score (nSPS) is 16.4. The van der Waals surface area contributed by atoms with E-state index in [2.05, 4.69) is 10.4 Å². The van der Waals surface area contributed by atoms with Crippen molar-refractivity contribution >= 4 is 12.4 Å². The summed E-state index contributed by atoms with van der Waals surface area (Å²) < 4.78 is 7.33. The highest BCUT2D eigenvalue weighted by molar-refractivity contribution is 5.85. The first kappa shape index (κ1) is 10.5. The second-order valence-corrected chi connectivity index (χ2v) is 3.07. The van der Waals surface area contributed by atoms with E-state index in [0.29, 0.717) is 12.7 Å². The molecule has 13 heavy (non-hydrogen) atoms. The summed E-state index contributed by atoms with van der Waals surface area (Å²) in [6.07, 6.45) is 2.32. The molecular weight excluding hydrogens is 190 g/mol. The van der Waals surface area contributed by atoms with E-state index in [0.717, 1.165) is 18.8 Å². The number of hydrogen-bond acceptors (Lipinski definition) is 3. The van der Waals surface area contributed by atoms with Crippen molar-refractivity contribution in [1.29, 1.82) is 0 Å². The van der Waals surface area contributed by atoms with Crippen molar-refractivity contribution in [1.82, 2.24) is 15.1 Å². The molecule has 0 bridgehead atoms. The Morgan fingerprint density at radius 3 is 2.92 bits per heavy atom. The third kappa shape index (κ3) is 2.69. The summed E-state index contributed by atoms with van der Waals surface area (Å²) in [5, 5.41) is 7.36. The number of nitrogens with zero attached hydrogens (tertiary/aromatic N) is 2. The van der Waals surface area contributed by atoms with Crippen LogP contribution < -0.4 is 5.32 Å². The average Bonchev–Trinajstić information content (AvgIpc) is 2.32. The monoisotopic (exact) mass is 203 g/mol. The number of ether oxygens (including phenoxy) is 1. The first-order chi connectivity index (χ1) is 5.84. The van der Waals surface area contributed by atoms with Crippen LogP contribution in [0, 0.1) is 0 Å². The molecule has 0 aliphatic carbocycles. The number of hydrogen-bond donors (Lipinski definition) is 1. The molecule has 4 nitrogen and oxygen atoms in total. The van der Waals surface area contributed by atoms with Crippen LogP contribution >= 0.6 is 12.4 Å². The summed E-state index contributed by atoms with van der Waals surface area (Å²) in [6.45, 7) is 2.59. The van der Waals surface area contributed by atoms with Gasteiger partial charge < -0.3 is 10.1 Å². The van der Waals surface area contributed by atoms with Crippen molar-refractivity contribution in [3.05, 3.63) is 18.0 Å². The Hall–Kier alpha value is -0.580. The average molecular weight is 204 g/mol. The molecule has 5 heteroatoms. The van der Waals surface area contributed by atoms with Crippen LogP contribution in [0.3, 0.4) is 0 Å². The molecule has 1 saturated heterocycles. The molecule has 1 fully saturated rings. The van der Waals surface area contributed by atoms with Gasteiger partial charge in [-0.1, -0.05) is 0 Å². The predicted molar refractivity (Wildman–Crippen MR) is 51.9 cm³/mol. The largest absolute Gasteiger partial charge is 0.369 e. The van der Waals surface area contributed by atoms with Gasteiger partial charge in [-0.05, 0) is 6.07 Å². The van der Waals surface area contributed by atoms with Crippen molar-refractivity contribution in [3.8, 4) is 0 Å². The third-order valence-electron chi connectivity index (χ3n) is 1.98. The number of aryl methyl sites for hydroxylation is 1. The highest BCUT2D eigenvalue weighted by atomic mass is 35.5. The SMILES string of the molecule is Cl.Cn1ccc(COC2CNC2)n1. The molecule has 0 amide bonds. The fraction of sp³-hybridized carbons (Fsp3) is 0.625. The fourth-order valence-corrected chi connectivity index (χ4v) is 1.12. The van der Waals surface area contributed by atoms with E-state index in [1.165, 1.54) is 0 Å². The Bertz CT molecular complexity index is 260. The lowest BCUT2D eigenvalue weighted by atomic mass is 10.2. The number of aromatic nitrogens is 2. The minimum absolute atomic E-state index is 0. The van der Waals surface area contributed by atoms with Gasteiger partial charge >= 0.3 is 0 Å². The van der Waals surface area contributed by atoms with Crippen LogP contribution in [0.15, 0.2) is 12.3 Å². The molecule has 2 rings (SSSR count). The van der Waals surface area contributed by atoms with Crippen molar-refractivity contribution in [2.45, 2.75) is 12.7 Å². The Labute approximate surface area is 83.7 Å². The van der Waals surface area contributed by atoms with Gasteiger partial charge in [0.05, 0.1) is 18.4 Å². The van der Waals surface area contributed by atoms with Crippen molar-refractivity contribution in [2.75, 3.05) is 13.1 Å². The number of rotatable bonds is 3. The van der Waals surface area contributed by atoms with Crippen molar-refractivity contribution in [2.24, 2.45) is 7.05 Å². The molecule has 1 aliphatic rings. The van der Waals surface area contributed by atoms with Crippen LogP contribution in [0.25, 0.3) is 0 Å². The lowest BCUT2D eigenvalue weighted by Gasteiger charge is -2.26. The molecule has 1 aromatic heterocycles. The maximum atomic E-state index is 5.54.